The molecule has 116 valence electrons. The number of aromatic nitrogens is 1. The van der Waals surface area contributed by atoms with Crippen molar-refractivity contribution in [1.82, 2.24) is 10.3 Å². The Morgan fingerprint density at radius 1 is 1.32 bits per heavy atom. The number of methoxy groups -OCH3 is 1. The van der Waals surface area contributed by atoms with E-state index in [9.17, 15) is 4.79 Å². The third-order valence-electron chi connectivity index (χ3n) is 4.09. The summed E-state index contributed by atoms with van der Waals surface area (Å²) in [7, 11) is 1.59. The number of carbonyl (C=O) groups is 1. The zero-order chi connectivity index (χ0) is 15.4. The Morgan fingerprint density at radius 2 is 2.14 bits per heavy atom. The minimum absolute atomic E-state index is 0.00511. The number of amides is 1. The molecule has 1 aromatic carbocycles. The SMILES string of the molecule is COc1cc2ccncc2cc1OCC(=O)NCC1CCC1. The van der Waals surface area contributed by atoms with E-state index >= 15 is 0 Å². The maximum absolute atomic E-state index is 11.8. The van der Waals surface area contributed by atoms with Crippen molar-refractivity contribution in [1.29, 1.82) is 0 Å². The quantitative estimate of drug-likeness (QED) is 0.890. The van der Waals surface area contributed by atoms with Crippen LogP contribution in [0.25, 0.3) is 10.8 Å². The number of hydrogen-bond acceptors (Lipinski definition) is 4. The highest BCUT2D eigenvalue weighted by Gasteiger charge is 2.18. The molecule has 0 bridgehead atoms. The van der Waals surface area contributed by atoms with Crippen LogP contribution in [-0.2, 0) is 4.79 Å². The van der Waals surface area contributed by atoms with E-state index in [4.69, 9.17) is 9.47 Å². The lowest BCUT2D eigenvalue weighted by Crippen LogP contribution is -2.35. The highest BCUT2D eigenvalue weighted by atomic mass is 16.5. The largest absolute Gasteiger partial charge is 0.493 e. The van der Waals surface area contributed by atoms with Crippen molar-refractivity contribution in [3.8, 4) is 11.5 Å². The second kappa shape index (κ2) is 6.64. The second-order valence-electron chi connectivity index (χ2n) is 5.62. The van der Waals surface area contributed by atoms with Crippen LogP contribution < -0.4 is 14.8 Å². The van der Waals surface area contributed by atoms with Gasteiger partial charge in [0.05, 0.1) is 7.11 Å². The lowest BCUT2D eigenvalue weighted by atomic mass is 9.85. The molecule has 5 nitrogen and oxygen atoms in total. The highest BCUT2D eigenvalue weighted by Crippen LogP contribution is 2.32. The number of fused-ring (bicyclic) bond motifs is 1. The van der Waals surface area contributed by atoms with Gasteiger partial charge < -0.3 is 14.8 Å². The zero-order valence-corrected chi connectivity index (χ0v) is 12.7. The van der Waals surface area contributed by atoms with Crippen molar-refractivity contribution in [3.63, 3.8) is 0 Å². The van der Waals surface area contributed by atoms with Gasteiger partial charge in [-0.1, -0.05) is 6.42 Å². The van der Waals surface area contributed by atoms with E-state index in [1.165, 1.54) is 19.3 Å². The van der Waals surface area contributed by atoms with Gasteiger partial charge in [0, 0.05) is 24.3 Å². The first-order chi connectivity index (χ1) is 10.8. The van der Waals surface area contributed by atoms with Crippen LogP contribution in [0.5, 0.6) is 11.5 Å². The van der Waals surface area contributed by atoms with Crippen LogP contribution in [0.2, 0.25) is 0 Å². The highest BCUT2D eigenvalue weighted by molar-refractivity contribution is 5.85. The Balaban J connectivity index is 1.63. The minimum Gasteiger partial charge on any atom is -0.493 e. The summed E-state index contributed by atoms with van der Waals surface area (Å²) in [6.07, 6.45) is 7.20. The van der Waals surface area contributed by atoms with Crippen LogP contribution in [0.3, 0.4) is 0 Å². The standard InChI is InChI=1S/C17H20N2O3/c1-21-15-7-13-5-6-18-10-14(13)8-16(15)22-11-17(20)19-9-12-3-2-4-12/h5-8,10,12H,2-4,9,11H2,1H3,(H,19,20). The maximum atomic E-state index is 11.8. The molecule has 0 spiro atoms. The summed E-state index contributed by atoms with van der Waals surface area (Å²) in [5, 5.41) is 4.89. The molecule has 0 radical (unpaired) electrons. The first kappa shape index (κ1) is 14.6. The summed E-state index contributed by atoms with van der Waals surface area (Å²) in [4.78, 5) is 15.9. The maximum Gasteiger partial charge on any atom is 0.257 e. The molecule has 22 heavy (non-hydrogen) atoms. The summed E-state index contributed by atoms with van der Waals surface area (Å²) in [5.41, 5.74) is 0. The monoisotopic (exact) mass is 300 g/mol. The van der Waals surface area contributed by atoms with Crippen LogP contribution in [0.1, 0.15) is 19.3 Å². The molecule has 1 aliphatic carbocycles. The topological polar surface area (TPSA) is 60.5 Å². The number of nitrogens with zero attached hydrogens (tertiary/aromatic N) is 1. The molecule has 1 aliphatic rings. The zero-order valence-electron chi connectivity index (χ0n) is 12.7. The smallest absolute Gasteiger partial charge is 0.257 e. The Hall–Kier alpha value is -2.30. The van der Waals surface area contributed by atoms with Crippen LogP contribution in [0.15, 0.2) is 30.6 Å². The van der Waals surface area contributed by atoms with Gasteiger partial charge >= 0.3 is 0 Å². The van der Waals surface area contributed by atoms with Crippen LogP contribution >= 0.6 is 0 Å². The van der Waals surface area contributed by atoms with Crippen LogP contribution in [0, 0.1) is 5.92 Å². The normalized spacial score (nSPS) is 14.4. The van der Waals surface area contributed by atoms with E-state index < -0.39 is 0 Å². The Kier molecular flexibility index (Phi) is 4.42. The number of ether oxygens (including phenoxy) is 2. The lowest BCUT2D eigenvalue weighted by Gasteiger charge is -2.25. The van der Waals surface area contributed by atoms with Crippen LogP contribution in [0.4, 0.5) is 0 Å². The molecule has 1 saturated carbocycles. The van der Waals surface area contributed by atoms with E-state index in [1.54, 1.807) is 19.5 Å². The molecule has 3 rings (SSSR count). The predicted octanol–water partition coefficient (Wildman–Crippen LogP) is 2.54. The van der Waals surface area contributed by atoms with Crippen molar-refractivity contribution < 1.29 is 14.3 Å². The number of rotatable bonds is 6. The Labute approximate surface area is 129 Å². The number of hydrogen-bond donors (Lipinski definition) is 1. The van der Waals surface area contributed by atoms with Gasteiger partial charge in [0.25, 0.3) is 5.91 Å². The van der Waals surface area contributed by atoms with E-state index in [-0.39, 0.29) is 12.5 Å². The van der Waals surface area contributed by atoms with Gasteiger partial charge in [-0.05, 0) is 42.3 Å². The summed E-state index contributed by atoms with van der Waals surface area (Å²) in [5.74, 6) is 1.72. The predicted molar refractivity (Wildman–Crippen MR) is 84.1 cm³/mol. The molecule has 0 aliphatic heterocycles. The van der Waals surface area contributed by atoms with Gasteiger partial charge in [-0.2, -0.15) is 0 Å². The molecular weight excluding hydrogens is 280 g/mol. The molecule has 5 heteroatoms. The summed E-state index contributed by atoms with van der Waals surface area (Å²) in [6.45, 7) is 0.746. The van der Waals surface area contributed by atoms with Gasteiger partial charge in [0.1, 0.15) is 0 Å². The summed E-state index contributed by atoms with van der Waals surface area (Å²) < 4.78 is 11.0. The van der Waals surface area contributed by atoms with E-state index in [1.807, 2.05) is 18.2 Å². The number of benzene rings is 1. The summed E-state index contributed by atoms with van der Waals surface area (Å²) in [6, 6.07) is 5.64. The minimum atomic E-state index is -0.0970. The van der Waals surface area contributed by atoms with Gasteiger partial charge in [-0.15, -0.1) is 0 Å². The Bertz CT molecular complexity index is 668. The number of nitrogens with one attached hydrogen (secondary N) is 1. The fourth-order valence-corrected chi connectivity index (χ4v) is 2.52. The first-order valence-electron chi connectivity index (χ1n) is 7.57. The molecule has 0 saturated heterocycles. The third-order valence-corrected chi connectivity index (χ3v) is 4.09. The van der Waals surface area contributed by atoms with E-state index in [0.29, 0.717) is 17.4 Å². The molecular formula is C17H20N2O3. The fraction of sp³-hybridized carbons (Fsp3) is 0.412. The van der Waals surface area contributed by atoms with Gasteiger partial charge in [0.15, 0.2) is 18.1 Å². The van der Waals surface area contributed by atoms with Crippen molar-refractivity contribution in [3.05, 3.63) is 30.6 Å². The van der Waals surface area contributed by atoms with Crippen molar-refractivity contribution >= 4 is 16.7 Å². The fourth-order valence-electron chi connectivity index (χ4n) is 2.52. The van der Waals surface area contributed by atoms with Crippen molar-refractivity contribution in [2.45, 2.75) is 19.3 Å². The van der Waals surface area contributed by atoms with Gasteiger partial charge in [-0.3, -0.25) is 9.78 Å². The molecule has 1 amide bonds. The average Bonchev–Trinajstić information content (AvgIpc) is 2.50. The molecule has 1 fully saturated rings. The molecule has 1 N–H and O–H groups in total. The number of pyridine rings is 1. The van der Waals surface area contributed by atoms with Gasteiger partial charge in [-0.25, -0.2) is 0 Å². The van der Waals surface area contributed by atoms with Crippen LogP contribution in [-0.4, -0.2) is 31.2 Å². The van der Waals surface area contributed by atoms with Crippen molar-refractivity contribution in [2.75, 3.05) is 20.3 Å². The van der Waals surface area contributed by atoms with Crippen molar-refractivity contribution in [2.24, 2.45) is 5.92 Å². The lowest BCUT2D eigenvalue weighted by molar-refractivity contribution is -0.123. The molecule has 0 atom stereocenters. The third kappa shape index (κ3) is 3.30. The molecule has 2 aromatic rings. The summed E-state index contributed by atoms with van der Waals surface area (Å²) >= 11 is 0. The van der Waals surface area contributed by atoms with E-state index in [2.05, 4.69) is 10.3 Å². The Morgan fingerprint density at radius 3 is 2.86 bits per heavy atom. The van der Waals surface area contributed by atoms with E-state index in [0.717, 1.165) is 17.3 Å². The molecule has 0 unspecified atom stereocenters. The van der Waals surface area contributed by atoms with Gasteiger partial charge in [0.2, 0.25) is 0 Å². The first-order valence-corrected chi connectivity index (χ1v) is 7.57. The second-order valence-corrected chi connectivity index (χ2v) is 5.62. The number of carbonyl (C=O) groups excluding carboxylic acids is 1. The average molecular weight is 300 g/mol. The molecule has 1 heterocycles. The molecule has 1 aromatic heterocycles.